The fourth-order valence-electron chi connectivity index (χ4n) is 3.42. The van der Waals surface area contributed by atoms with Crippen molar-refractivity contribution in [3.8, 4) is 0 Å². The molecule has 2 amide bonds. The molecule has 0 N–H and O–H groups in total. The van der Waals surface area contributed by atoms with Gasteiger partial charge in [0.15, 0.2) is 0 Å². The Bertz CT molecular complexity index is 1420. The van der Waals surface area contributed by atoms with Crippen LogP contribution in [0.5, 0.6) is 0 Å². The number of likely N-dealkylation sites (N-methyl/N-ethyl adjacent to an activating group) is 1. The lowest BCUT2D eigenvalue weighted by Crippen LogP contribution is -2.26. The van der Waals surface area contributed by atoms with Crippen LogP contribution in [0.3, 0.4) is 0 Å². The van der Waals surface area contributed by atoms with Gasteiger partial charge in [-0.25, -0.2) is 9.59 Å². The first kappa shape index (κ1) is 36.2. The van der Waals surface area contributed by atoms with E-state index in [1.54, 1.807) is 27.7 Å². The standard InChI is InChI=1S/C10H10S.C8H10.C7H9NO2.C6H6O3.C4H10/c1-7-8(2)11-10-6-4-3-5-9(7)10;1-7-5-3-4-6-8(7)2;1-4-5(2)7(10)8(3)6(4)9;1-3-4(2)6(8)9-5(3)7;1-3-4-2/h3-6H,1-2H3;3-6H,1-2H3;1-3H3;1-2H3;3-4H2,1-2H3. The number of cyclic esters (lactones) is 2. The summed E-state index contributed by atoms with van der Waals surface area (Å²) in [6.07, 6.45) is 2.64. The van der Waals surface area contributed by atoms with E-state index >= 15 is 0 Å². The van der Waals surface area contributed by atoms with Crippen LogP contribution in [0, 0.1) is 27.7 Å². The lowest BCUT2D eigenvalue weighted by Gasteiger charge is -2.04. The van der Waals surface area contributed by atoms with Crippen molar-refractivity contribution in [1.82, 2.24) is 4.90 Å². The van der Waals surface area contributed by atoms with Gasteiger partial charge in [0.1, 0.15) is 0 Å². The van der Waals surface area contributed by atoms with Crippen molar-refractivity contribution in [3.63, 3.8) is 0 Å². The molecule has 7 heteroatoms. The van der Waals surface area contributed by atoms with E-state index in [1.165, 1.54) is 51.5 Å². The van der Waals surface area contributed by atoms with Crippen LogP contribution in [0.1, 0.15) is 76.0 Å². The molecule has 0 fully saturated rings. The SMILES string of the molecule is CC1=C(C)C(=O)N(C)C1=O.CC1=C(C)C(=O)OC1=O.CCCC.Cc1ccccc1C.Cc1sc2ccccc2c1C. The molecule has 0 unspecified atom stereocenters. The second-order valence-electron chi connectivity index (χ2n) is 10.2. The minimum Gasteiger partial charge on any atom is -0.386 e. The summed E-state index contributed by atoms with van der Waals surface area (Å²) >= 11 is 1.88. The first-order chi connectivity index (χ1) is 19.7. The molecule has 6 nitrogen and oxygen atoms in total. The van der Waals surface area contributed by atoms with Crippen molar-refractivity contribution in [2.24, 2.45) is 0 Å². The lowest BCUT2D eigenvalue weighted by atomic mass is 10.1. The van der Waals surface area contributed by atoms with Gasteiger partial charge < -0.3 is 4.74 Å². The third kappa shape index (κ3) is 9.91. The van der Waals surface area contributed by atoms with E-state index in [0.29, 0.717) is 22.3 Å². The van der Waals surface area contributed by atoms with E-state index in [-0.39, 0.29) is 11.8 Å². The molecule has 226 valence electrons. The zero-order valence-electron chi connectivity index (χ0n) is 26.9. The summed E-state index contributed by atoms with van der Waals surface area (Å²) in [6.45, 7) is 19.4. The molecule has 2 aromatic carbocycles. The summed E-state index contributed by atoms with van der Waals surface area (Å²) in [5.41, 5.74) is 6.13. The Balaban J connectivity index is 0.000000270. The Hall–Kier alpha value is -3.84. The van der Waals surface area contributed by atoms with Crippen molar-refractivity contribution in [2.75, 3.05) is 7.05 Å². The minimum absolute atomic E-state index is 0.178. The highest BCUT2D eigenvalue weighted by atomic mass is 32.1. The van der Waals surface area contributed by atoms with Crippen molar-refractivity contribution in [1.29, 1.82) is 0 Å². The first-order valence-corrected chi connectivity index (χ1v) is 14.9. The van der Waals surface area contributed by atoms with E-state index < -0.39 is 11.9 Å². The molecule has 0 saturated carbocycles. The van der Waals surface area contributed by atoms with E-state index in [0.717, 1.165) is 4.90 Å². The number of amides is 2. The summed E-state index contributed by atoms with van der Waals surface area (Å²) in [5, 5.41) is 1.41. The predicted octanol–water partition coefficient (Wildman–Crippen LogP) is 8.36. The Morgan fingerprint density at radius 1 is 0.619 bits per heavy atom. The van der Waals surface area contributed by atoms with Crippen LogP contribution in [0.2, 0.25) is 0 Å². The van der Waals surface area contributed by atoms with Gasteiger partial charge in [0.05, 0.1) is 0 Å². The molecule has 0 saturated heterocycles. The topological polar surface area (TPSA) is 80.8 Å². The van der Waals surface area contributed by atoms with Crippen LogP contribution < -0.4 is 0 Å². The number of carbonyl (C=O) groups is 4. The van der Waals surface area contributed by atoms with Crippen LogP contribution in [0.4, 0.5) is 0 Å². The smallest absolute Gasteiger partial charge is 0.342 e. The van der Waals surface area contributed by atoms with Crippen molar-refractivity contribution in [2.45, 2.75) is 82.1 Å². The highest BCUT2D eigenvalue weighted by molar-refractivity contribution is 7.19. The van der Waals surface area contributed by atoms with Crippen LogP contribution in [0.25, 0.3) is 10.1 Å². The molecular weight excluding hydrogens is 546 g/mol. The molecule has 3 aromatic rings. The quantitative estimate of drug-likeness (QED) is 0.161. The second kappa shape index (κ2) is 17.2. The average molecular weight is 592 g/mol. The highest BCUT2D eigenvalue weighted by Gasteiger charge is 2.29. The van der Waals surface area contributed by atoms with Gasteiger partial charge in [-0.1, -0.05) is 69.2 Å². The van der Waals surface area contributed by atoms with E-state index in [1.807, 2.05) is 11.3 Å². The molecule has 0 radical (unpaired) electrons. The van der Waals surface area contributed by atoms with Gasteiger partial charge in [-0.15, -0.1) is 11.3 Å². The van der Waals surface area contributed by atoms with Crippen molar-refractivity contribution in [3.05, 3.63) is 92.4 Å². The maximum absolute atomic E-state index is 11.0. The van der Waals surface area contributed by atoms with E-state index in [9.17, 15) is 19.2 Å². The zero-order chi connectivity index (χ0) is 32.1. The molecule has 0 atom stereocenters. The summed E-state index contributed by atoms with van der Waals surface area (Å²) in [6, 6.07) is 16.9. The molecule has 5 rings (SSSR count). The van der Waals surface area contributed by atoms with Crippen LogP contribution in [0.15, 0.2) is 70.8 Å². The van der Waals surface area contributed by atoms with Gasteiger partial charge >= 0.3 is 11.9 Å². The van der Waals surface area contributed by atoms with Gasteiger partial charge in [-0.2, -0.15) is 0 Å². The Morgan fingerprint density at radius 3 is 1.31 bits per heavy atom. The van der Waals surface area contributed by atoms with Gasteiger partial charge in [-0.3, -0.25) is 14.5 Å². The number of aryl methyl sites for hydroxylation is 4. The number of ether oxygens (including phenoxy) is 1. The first-order valence-electron chi connectivity index (χ1n) is 14.1. The van der Waals surface area contributed by atoms with Crippen molar-refractivity contribution < 1.29 is 23.9 Å². The third-order valence-corrected chi connectivity index (χ3v) is 8.37. The number of thiophene rings is 1. The summed E-state index contributed by atoms with van der Waals surface area (Å²) in [5.74, 6) is -1.39. The van der Waals surface area contributed by atoms with E-state index in [2.05, 4.69) is 94.8 Å². The molecule has 0 aliphatic carbocycles. The molecule has 2 aliphatic rings. The third-order valence-electron chi connectivity index (χ3n) is 7.18. The number of esters is 2. The molecule has 3 heterocycles. The van der Waals surface area contributed by atoms with Crippen LogP contribution >= 0.6 is 11.3 Å². The summed E-state index contributed by atoms with van der Waals surface area (Å²) < 4.78 is 5.64. The summed E-state index contributed by atoms with van der Waals surface area (Å²) in [7, 11) is 1.49. The Morgan fingerprint density at radius 2 is 1.02 bits per heavy atom. The van der Waals surface area contributed by atoms with Gasteiger partial charge in [0.2, 0.25) is 0 Å². The average Bonchev–Trinajstić information content (AvgIpc) is 3.47. The van der Waals surface area contributed by atoms with Crippen molar-refractivity contribution >= 4 is 45.2 Å². The monoisotopic (exact) mass is 591 g/mol. The number of imide groups is 1. The maximum Gasteiger partial charge on any atom is 0.342 e. The lowest BCUT2D eigenvalue weighted by molar-refractivity contribution is -0.151. The summed E-state index contributed by atoms with van der Waals surface area (Å²) in [4.78, 5) is 45.5. The number of fused-ring (bicyclic) bond motifs is 1. The molecular formula is C35H45NO5S. The minimum atomic E-state index is -0.516. The highest BCUT2D eigenvalue weighted by Crippen LogP contribution is 2.29. The molecule has 0 bridgehead atoms. The van der Waals surface area contributed by atoms with E-state index in [4.69, 9.17) is 0 Å². The maximum atomic E-state index is 11.0. The number of benzene rings is 2. The number of carbonyl (C=O) groups excluding carboxylic acids is 4. The number of unbranched alkanes of at least 4 members (excludes halogenated alkanes) is 1. The fraction of sp³-hybridized carbons (Fsp3) is 0.371. The van der Waals surface area contributed by atoms with Gasteiger partial charge in [-0.05, 0) is 83.5 Å². The van der Waals surface area contributed by atoms with Gasteiger partial charge in [0.25, 0.3) is 11.8 Å². The van der Waals surface area contributed by atoms with Crippen LogP contribution in [-0.4, -0.2) is 35.7 Å². The molecule has 0 spiro atoms. The Kier molecular flexibility index (Phi) is 14.8. The molecule has 2 aliphatic heterocycles. The number of nitrogens with zero attached hydrogens (tertiary/aromatic N) is 1. The molecule has 42 heavy (non-hydrogen) atoms. The normalized spacial score (nSPS) is 13.9. The number of hydrogen-bond acceptors (Lipinski definition) is 6. The second-order valence-corrected chi connectivity index (χ2v) is 11.5. The number of rotatable bonds is 1. The van der Waals surface area contributed by atoms with Gasteiger partial charge in [0, 0.05) is 38.9 Å². The Labute approximate surface area is 255 Å². The molecule has 1 aromatic heterocycles. The largest absolute Gasteiger partial charge is 0.386 e. The number of hydrogen-bond donors (Lipinski definition) is 0. The fourth-order valence-corrected chi connectivity index (χ4v) is 4.49. The zero-order valence-corrected chi connectivity index (χ0v) is 27.7. The van der Waals surface area contributed by atoms with Crippen LogP contribution in [-0.2, 0) is 23.9 Å². The predicted molar refractivity (Wildman–Crippen MR) is 173 cm³/mol.